The first-order chi connectivity index (χ1) is 12.2. The Bertz CT molecular complexity index is 688. The quantitative estimate of drug-likeness (QED) is 0.915. The molecule has 3 saturated carbocycles. The highest BCUT2D eigenvalue weighted by molar-refractivity contribution is 5.83. The molecule has 6 unspecified atom stereocenters. The second-order valence-corrected chi connectivity index (χ2v) is 8.39. The highest BCUT2D eigenvalue weighted by Crippen LogP contribution is 2.58. The van der Waals surface area contributed by atoms with E-state index in [4.69, 9.17) is 9.47 Å². The molecule has 2 bridgehead atoms. The highest BCUT2D eigenvalue weighted by Gasteiger charge is 2.54. The smallest absolute Gasteiger partial charge is 0.227 e. The van der Waals surface area contributed by atoms with Crippen molar-refractivity contribution in [2.75, 3.05) is 13.2 Å². The minimum absolute atomic E-state index is 0.156. The van der Waals surface area contributed by atoms with Gasteiger partial charge in [0.05, 0.1) is 5.92 Å². The average Bonchev–Trinajstić information content (AvgIpc) is 3.33. The van der Waals surface area contributed by atoms with Gasteiger partial charge in [0, 0.05) is 6.04 Å². The summed E-state index contributed by atoms with van der Waals surface area (Å²) in [5.41, 5.74) is 1.00. The number of carbonyl (C=O) groups is 1. The van der Waals surface area contributed by atoms with Gasteiger partial charge in [-0.05, 0) is 74.0 Å². The summed E-state index contributed by atoms with van der Waals surface area (Å²) in [6.07, 6.45) is 6.76. The van der Waals surface area contributed by atoms with E-state index in [9.17, 15) is 4.79 Å². The Morgan fingerprint density at radius 3 is 2.76 bits per heavy atom. The van der Waals surface area contributed by atoms with Crippen LogP contribution in [0.1, 0.15) is 50.5 Å². The fourth-order valence-electron chi connectivity index (χ4n) is 6.02. The molecular formula is C21H27NO3. The number of benzene rings is 1. The van der Waals surface area contributed by atoms with Crippen LogP contribution in [0.15, 0.2) is 18.2 Å². The normalized spacial score (nSPS) is 36.1. The first-order valence-corrected chi connectivity index (χ1v) is 9.90. The van der Waals surface area contributed by atoms with Gasteiger partial charge in [-0.1, -0.05) is 12.5 Å². The lowest BCUT2D eigenvalue weighted by atomic mass is 9.79. The van der Waals surface area contributed by atoms with Gasteiger partial charge in [-0.15, -0.1) is 0 Å². The highest BCUT2D eigenvalue weighted by atomic mass is 16.6. The maximum atomic E-state index is 12.9. The summed E-state index contributed by atoms with van der Waals surface area (Å²) in [6.45, 7) is 3.16. The van der Waals surface area contributed by atoms with Crippen LogP contribution in [0.4, 0.5) is 0 Å². The molecule has 1 aromatic rings. The van der Waals surface area contributed by atoms with E-state index in [0.717, 1.165) is 40.7 Å². The van der Waals surface area contributed by atoms with Crippen LogP contribution in [0.25, 0.3) is 0 Å². The predicted octanol–water partition coefficient (Wildman–Crippen LogP) is 3.50. The van der Waals surface area contributed by atoms with E-state index >= 15 is 0 Å². The van der Waals surface area contributed by atoms with Gasteiger partial charge in [0.2, 0.25) is 5.91 Å². The van der Waals surface area contributed by atoms with Crippen LogP contribution >= 0.6 is 0 Å². The van der Waals surface area contributed by atoms with Gasteiger partial charge in [0.25, 0.3) is 0 Å². The first kappa shape index (κ1) is 15.5. The van der Waals surface area contributed by atoms with E-state index < -0.39 is 0 Å². The number of fused-ring (bicyclic) bond motifs is 6. The van der Waals surface area contributed by atoms with Gasteiger partial charge in [-0.25, -0.2) is 0 Å². The number of nitrogens with one attached hydrogen (secondary N) is 1. The molecule has 25 heavy (non-hydrogen) atoms. The van der Waals surface area contributed by atoms with Crippen molar-refractivity contribution >= 4 is 5.91 Å². The van der Waals surface area contributed by atoms with Gasteiger partial charge in [-0.3, -0.25) is 4.79 Å². The molecule has 4 heteroatoms. The van der Waals surface area contributed by atoms with E-state index in [2.05, 4.69) is 5.32 Å². The molecule has 1 heterocycles. The monoisotopic (exact) mass is 341 g/mol. The largest absolute Gasteiger partial charge is 0.486 e. The summed E-state index contributed by atoms with van der Waals surface area (Å²) < 4.78 is 11.2. The first-order valence-electron chi connectivity index (χ1n) is 9.90. The van der Waals surface area contributed by atoms with Crippen molar-refractivity contribution in [3.05, 3.63) is 23.8 Å². The number of carbonyl (C=O) groups excluding carboxylic acids is 1. The van der Waals surface area contributed by atoms with E-state index in [1.165, 1.54) is 32.1 Å². The zero-order chi connectivity index (χ0) is 17.0. The summed E-state index contributed by atoms with van der Waals surface area (Å²) in [7, 11) is 0. The SMILES string of the molecule is CC(C(=O)NC1CC2CC1C1CCCC21)c1ccc2c(c1)OCCO2. The molecule has 1 amide bonds. The minimum Gasteiger partial charge on any atom is -0.486 e. The van der Waals surface area contributed by atoms with Crippen molar-refractivity contribution in [3.8, 4) is 11.5 Å². The third kappa shape index (κ3) is 2.52. The maximum Gasteiger partial charge on any atom is 0.227 e. The second-order valence-electron chi connectivity index (χ2n) is 8.39. The van der Waals surface area contributed by atoms with Crippen LogP contribution in [0.2, 0.25) is 0 Å². The van der Waals surface area contributed by atoms with Crippen LogP contribution in [0, 0.1) is 23.7 Å². The topological polar surface area (TPSA) is 47.6 Å². The van der Waals surface area contributed by atoms with Crippen molar-refractivity contribution in [2.24, 2.45) is 23.7 Å². The third-order valence-corrected chi connectivity index (χ3v) is 7.22. The molecule has 1 N–H and O–H groups in total. The summed E-state index contributed by atoms with van der Waals surface area (Å²) >= 11 is 0. The molecule has 3 fully saturated rings. The van der Waals surface area contributed by atoms with Crippen molar-refractivity contribution in [1.29, 1.82) is 0 Å². The van der Waals surface area contributed by atoms with Gasteiger partial charge >= 0.3 is 0 Å². The molecule has 5 rings (SSSR count). The zero-order valence-electron chi connectivity index (χ0n) is 14.9. The molecule has 134 valence electrons. The minimum atomic E-state index is -0.158. The standard InChI is InChI=1S/C21H27NO3/c1-12(13-5-6-19-20(11-13)25-8-7-24-19)21(23)22-18-10-14-9-17(18)16-4-2-3-15(14)16/h5-6,11-12,14-18H,2-4,7-10H2,1H3,(H,22,23). The number of rotatable bonds is 3. The predicted molar refractivity (Wildman–Crippen MR) is 94.8 cm³/mol. The van der Waals surface area contributed by atoms with E-state index in [1.54, 1.807) is 0 Å². The molecule has 0 saturated heterocycles. The third-order valence-electron chi connectivity index (χ3n) is 7.22. The fraction of sp³-hybridized carbons (Fsp3) is 0.667. The molecule has 6 atom stereocenters. The fourth-order valence-corrected chi connectivity index (χ4v) is 6.02. The molecule has 3 aliphatic carbocycles. The molecular weight excluding hydrogens is 314 g/mol. The van der Waals surface area contributed by atoms with Crippen LogP contribution in [0.5, 0.6) is 11.5 Å². The van der Waals surface area contributed by atoms with Crippen LogP contribution in [0.3, 0.4) is 0 Å². The van der Waals surface area contributed by atoms with E-state index in [-0.39, 0.29) is 11.8 Å². The lowest BCUT2D eigenvalue weighted by molar-refractivity contribution is -0.123. The molecule has 0 radical (unpaired) electrons. The average molecular weight is 341 g/mol. The van der Waals surface area contributed by atoms with Crippen molar-refractivity contribution in [3.63, 3.8) is 0 Å². The van der Waals surface area contributed by atoms with E-state index in [0.29, 0.717) is 19.3 Å². The number of hydrogen-bond donors (Lipinski definition) is 1. The van der Waals surface area contributed by atoms with Gasteiger partial charge < -0.3 is 14.8 Å². The Labute approximate surface area is 149 Å². The van der Waals surface area contributed by atoms with Gasteiger partial charge in [0.1, 0.15) is 13.2 Å². The molecule has 4 nitrogen and oxygen atoms in total. The number of amides is 1. The van der Waals surface area contributed by atoms with Gasteiger partial charge in [0.15, 0.2) is 11.5 Å². The summed E-state index contributed by atoms with van der Waals surface area (Å²) in [4.78, 5) is 12.9. The molecule has 1 aliphatic heterocycles. The Balaban J connectivity index is 1.27. The van der Waals surface area contributed by atoms with Crippen molar-refractivity contribution in [2.45, 2.75) is 51.0 Å². The lowest BCUT2D eigenvalue weighted by Gasteiger charge is -2.32. The van der Waals surface area contributed by atoms with Gasteiger partial charge in [-0.2, -0.15) is 0 Å². The lowest BCUT2D eigenvalue weighted by Crippen LogP contribution is -2.43. The molecule has 0 aromatic heterocycles. The molecule has 1 aromatic carbocycles. The van der Waals surface area contributed by atoms with E-state index in [1.807, 2.05) is 25.1 Å². The number of ether oxygens (including phenoxy) is 2. The molecule has 0 spiro atoms. The van der Waals surface area contributed by atoms with Crippen molar-refractivity contribution < 1.29 is 14.3 Å². The summed E-state index contributed by atoms with van der Waals surface area (Å²) in [5.74, 6) is 4.99. The molecule has 4 aliphatic rings. The Morgan fingerprint density at radius 1 is 1.08 bits per heavy atom. The van der Waals surface area contributed by atoms with Crippen LogP contribution in [-0.2, 0) is 4.79 Å². The Hall–Kier alpha value is -1.71. The van der Waals surface area contributed by atoms with Crippen molar-refractivity contribution in [1.82, 2.24) is 5.32 Å². The second kappa shape index (κ2) is 5.93. The summed E-state index contributed by atoms with van der Waals surface area (Å²) in [6, 6.07) is 6.28. The Kier molecular flexibility index (Phi) is 3.68. The zero-order valence-corrected chi connectivity index (χ0v) is 14.9. The van der Waals surface area contributed by atoms with Crippen LogP contribution < -0.4 is 14.8 Å². The maximum absolute atomic E-state index is 12.9. The number of hydrogen-bond acceptors (Lipinski definition) is 3. The summed E-state index contributed by atoms with van der Waals surface area (Å²) in [5, 5.41) is 3.39. The van der Waals surface area contributed by atoms with Crippen LogP contribution in [-0.4, -0.2) is 25.2 Å². The Morgan fingerprint density at radius 2 is 1.88 bits per heavy atom.